The highest BCUT2D eigenvalue weighted by Gasteiger charge is 2.28. The van der Waals surface area contributed by atoms with Crippen LogP contribution in [0.25, 0.3) is 0 Å². The van der Waals surface area contributed by atoms with Crippen LogP contribution in [-0.4, -0.2) is 27.4 Å². The molecule has 0 fully saturated rings. The van der Waals surface area contributed by atoms with Gasteiger partial charge in [-0.1, -0.05) is 46.5 Å². The van der Waals surface area contributed by atoms with E-state index in [9.17, 15) is 9.46 Å². The molecule has 0 aromatic carbocycles. The minimum absolute atomic E-state index is 0. The fourth-order valence-electron chi connectivity index (χ4n) is 1.47. The second kappa shape index (κ2) is 8.99. The maximum Gasteiger partial charge on any atom is 0.194 e. The molecule has 0 bridgehead atoms. The summed E-state index contributed by atoms with van der Waals surface area (Å²) in [5.74, 6) is 0. The monoisotopic (exact) mass is 236 g/mol. The molecule has 0 saturated carbocycles. The van der Waals surface area contributed by atoms with Crippen molar-refractivity contribution in [2.24, 2.45) is 0 Å². The number of hydrogen-bond donors (Lipinski definition) is 1. The van der Waals surface area contributed by atoms with Crippen molar-refractivity contribution in [1.82, 2.24) is 0 Å². The van der Waals surface area contributed by atoms with Crippen molar-refractivity contribution in [2.45, 2.75) is 64.5 Å². The molecule has 0 aromatic rings. The maximum atomic E-state index is 11.2. The van der Waals surface area contributed by atoms with E-state index in [1.54, 1.807) is 0 Å². The Bertz CT molecular complexity index is 154. The minimum atomic E-state index is -2.37. The van der Waals surface area contributed by atoms with Crippen LogP contribution in [0, 0.1) is 0 Å². The Hall–Kier alpha value is 0.722. The summed E-state index contributed by atoms with van der Waals surface area (Å²) in [4.78, 5) is 9.27. The van der Waals surface area contributed by atoms with Crippen LogP contribution in [0.5, 0.6) is 0 Å². The molecule has 1 N–H and O–H groups in total. The lowest BCUT2D eigenvalue weighted by Crippen LogP contribution is -2.19. The summed E-state index contributed by atoms with van der Waals surface area (Å²) >= 11 is 0. The Kier molecular flexibility index (Phi) is 11.0. The molecule has 0 rings (SSSR count). The van der Waals surface area contributed by atoms with Crippen LogP contribution in [-0.2, 0) is 4.57 Å². The number of unbranched alkanes of at least 4 members (excludes halogenated alkanes) is 2. The quantitative estimate of drug-likeness (QED) is 0.544. The highest BCUT2D eigenvalue weighted by atomic mass is 31.1. The summed E-state index contributed by atoms with van der Waals surface area (Å²) in [7, 11) is -2.37. The third-order valence-electron chi connectivity index (χ3n) is 2.68. The smallest absolute Gasteiger partial charge is 0.194 e. The first-order valence-corrected chi connectivity index (χ1v) is 6.65. The Morgan fingerprint density at radius 3 is 1.71 bits per heavy atom. The Morgan fingerprint density at radius 2 is 1.50 bits per heavy atom. The van der Waals surface area contributed by atoms with E-state index in [0.29, 0.717) is 0 Å². The van der Waals surface area contributed by atoms with E-state index < -0.39 is 8.03 Å². The molecule has 0 heterocycles. The summed E-state index contributed by atoms with van der Waals surface area (Å²) < 4.78 is 11.2. The molecule has 4 heteroatoms. The first-order chi connectivity index (χ1) is 6.06. The Balaban J connectivity index is 0. The lowest BCUT2D eigenvalue weighted by Gasteiger charge is -2.26. The minimum Gasteiger partial charge on any atom is -0.346 e. The van der Waals surface area contributed by atoms with Gasteiger partial charge in [-0.25, -0.2) is 0 Å². The summed E-state index contributed by atoms with van der Waals surface area (Å²) in [5, 5.41) is -0.295. The first kappa shape index (κ1) is 17.1. The zero-order valence-electron chi connectivity index (χ0n) is 9.10. The van der Waals surface area contributed by atoms with Gasteiger partial charge >= 0.3 is 0 Å². The van der Waals surface area contributed by atoms with Crippen LogP contribution in [0.4, 0.5) is 0 Å². The van der Waals surface area contributed by atoms with Gasteiger partial charge in [0, 0.05) is 5.16 Å². The number of rotatable bonds is 7. The summed E-state index contributed by atoms with van der Waals surface area (Å²) in [6, 6.07) is 0. The van der Waals surface area contributed by atoms with Gasteiger partial charge in [0.2, 0.25) is 0 Å². The van der Waals surface area contributed by atoms with E-state index in [1.807, 2.05) is 6.92 Å². The SMILES string of the molecule is CCCCC(C)(CCCC)[PH](=O)O.[AlH3]. The van der Waals surface area contributed by atoms with Crippen molar-refractivity contribution in [3.05, 3.63) is 0 Å². The van der Waals surface area contributed by atoms with Crippen molar-refractivity contribution in [3.63, 3.8) is 0 Å². The van der Waals surface area contributed by atoms with Crippen molar-refractivity contribution in [1.29, 1.82) is 0 Å². The number of hydrogen-bond acceptors (Lipinski definition) is 1. The largest absolute Gasteiger partial charge is 0.346 e. The average Bonchev–Trinajstić information content (AvgIpc) is 2.11. The third kappa shape index (κ3) is 6.25. The Morgan fingerprint density at radius 1 is 1.14 bits per heavy atom. The molecular formula is C10H26AlO2P. The highest BCUT2D eigenvalue weighted by Crippen LogP contribution is 2.43. The van der Waals surface area contributed by atoms with Gasteiger partial charge in [-0.15, -0.1) is 0 Å². The van der Waals surface area contributed by atoms with Crippen LogP contribution < -0.4 is 0 Å². The second-order valence-corrected chi connectivity index (χ2v) is 5.89. The molecule has 0 aliphatic rings. The van der Waals surface area contributed by atoms with E-state index in [4.69, 9.17) is 0 Å². The first-order valence-electron chi connectivity index (χ1n) is 5.30. The normalized spacial score (nSPS) is 13.4. The predicted octanol–water partition coefficient (Wildman–Crippen LogP) is 2.41. The molecule has 86 valence electrons. The van der Waals surface area contributed by atoms with Gasteiger partial charge in [-0.2, -0.15) is 0 Å². The van der Waals surface area contributed by atoms with E-state index in [-0.39, 0.29) is 22.5 Å². The van der Waals surface area contributed by atoms with Gasteiger partial charge in [-0.3, -0.25) is 4.57 Å². The van der Waals surface area contributed by atoms with Crippen LogP contribution in [0.2, 0.25) is 0 Å². The molecule has 0 amide bonds. The molecule has 14 heavy (non-hydrogen) atoms. The molecule has 0 aliphatic carbocycles. The van der Waals surface area contributed by atoms with Gasteiger partial charge in [0.25, 0.3) is 0 Å². The molecule has 0 radical (unpaired) electrons. The molecule has 0 saturated heterocycles. The standard InChI is InChI=1S/C10H23O2P.Al.3H/c1-4-6-8-10(3,13(11)12)9-7-5-2;;;;/h13H,4-9H2,1-3H3,(H,11,12);;;;. The molecule has 1 unspecified atom stereocenters. The molecule has 2 nitrogen and oxygen atoms in total. The fourth-order valence-corrected chi connectivity index (χ4v) is 2.25. The van der Waals surface area contributed by atoms with Gasteiger partial charge in [0.15, 0.2) is 25.4 Å². The third-order valence-corrected chi connectivity index (χ3v) is 4.21. The van der Waals surface area contributed by atoms with Gasteiger partial charge in [0.1, 0.15) is 0 Å². The van der Waals surface area contributed by atoms with Crippen LogP contribution in [0.1, 0.15) is 59.3 Å². The zero-order chi connectivity index (χ0) is 10.3. The van der Waals surface area contributed by atoms with Crippen LogP contribution >= 0.6 is 8.03 Å². The highest BCUT2D eigenvalue weighted by molar-refractivity contribution is 7.40. The van der Waals surface area contributed by atoms with E-state index in [1.165, 1.54) is 0 Å². The predicted molar refractivity (Wildman–Crippen MR) is 68.6 cm³/mol. The van der Waals surface area contributed by atoms with Gasteiger partial charge < -0.3 is 4.89 Å². The van der Waals surface area contributed by atoms with Crippen molar-refractivity contribution in [3.8, 4) is 0 Å². The van der Waals surface area contributed by atoms with Crippen molar-refractivity contribution in [2.75, 3.05) is 0 Å². The van der Waals surface area contributed by atoms with Gasteiger partial charge in [-0.05, 0) is 12.8 Å². The van der Waals surface area contributed by atoms with Crippen molar-refractivity contribution >= 4 is 25.4 Å². The summed E-state index contributed by atoms with van der Waals surface area (Å²) in [6.45, 7) is 6.20. The van der Waals surface area contributed by atoms with Crippen LogP contribution in [0.3, 0.4) is 0 Å². The lowest BCUT2D eigenvalue weighted by molar-refractivity contribution is 0.409. The molecular weight excluding hydrogens is 210 g/mol. The van der Waals surface area contributed by atoms with Crippen molar-refractivity contribution < 1.29 is 9.46 Å². The van der Waals surface area contributed by atoms with E-state index in [2.05, 4.69) is 13.8 Å². The van der Waals surface area contributed by atoms with E-state index >= 15 is 0 Å². The topological polar surface area (TPSA) is 37.3 Å². The molecule has 0 aliphatic heterocycles. The fraction of sp³-hybridized carbons (Fsp3) is 1.00. The zero-order valence-corrected chi connectivity index (χ0v) is 10.1. The maximum absolute atomic E-state index is 11.2. The Labute approximate surface area is 99.5 Å². The second-order valence-electron chi connectivity index (χ2n) is 4.07. The molecule has 0 aromatic heterocycles. The molecule has 0 spiro atoms. The summed E-state index contributed by atoms with van der Waals surface area (Å²) in [6.07, 6.45) is 6.15. The van der Waals surface area contributed by atoms with E-state index in [0.717, 1.165) is 38.5 Å². The van der Waals surface area contributed by atoms with Gasteiger partial charge in [0.05, 0.1) is 0 Å². The molecule has 1 atom stereocenters. The average molecular weight is 236 g/mol. The van der Waals surface area contributed by atoms with Crippen LogP contribution in [0.15, 0.2) is 0 Å². The summed E-state index contributed by atoms with van der Waals surface area (Å²) in [5.41, 5.74) is 0. The lowest BCUT2D eigenvalue weighted by atomic mass is 9.97.